The first kappa shape index (κ1) is 11.4. The van der Waals surface area contributed by atoms with Crippen molar-refractivity contribution in [3.05, 3.63) is 23.9 Å². The molecule has 1 unspecified atom stereocenters. The van der Waals surface area contributed by atoms with E-state index in [2.05, 4.69) is 28.9 Å². The van der Waals surface area contributed by atoms with Gasteiger partial charge < -0.3 is 10.6 Å². The molecule has 1 fully saturated rings. The van der Waals surface area contributed by atoms with Crippen molar-refractivity contribution < 1.29 is 0 Å². The Bertz CT molecular complexity index is 332. The number of hydrogen-bond donors (Lipinski definition) is 1. The molecule has 3 nitrogen and oxygen atoms in total. The molecule has 0 amide bonds. The van der Waals surface area contributed by atoms with Crippen LogP contribution in [0.5, 0.6) is 0 Å². The van der Waals surface area contributed by atoms with Crippen molar-refractivity contribution >= 4 is 5.82 Å². The van der Waals surface area contributed by atoms with Gasteiger partial charge in [-0.2, -0.15) is 0 Å². The van der Waals surface area contributed by atoms with Crippen LogP contribution in [0, 0.1) is 5.92 Å². The number of rotatable bonds is 3. The number of anilines is 1. The summed E-state index contributed by atoms with van der Waals surface area (Å²) in [5.74, 6) is 1.94. The first-order valence-electron chi connectivity index (χ1n) is 6.17. The van der Waals surface area contributed by atoms with E-state index in [9.17, 15) is 0 Å². The number of pyridine rings is 1. The van der Waals surface area contributed by atoms with Crippen LogP contribution in [0.15, 0.2) is 18.3 Å². The first-order chi connectivity index (χ1) is 7.70. The van der Waals surface area contributed by atoms with Crippen LogP contribution >= 0.6 is 0 Å². The van der Waals surface area contributed by atoms with Crippen LogP contribution in [-0.2, 0) is 0 Å². The van der Waals surface area contributed by atoms with Crippen LogP contribution in [-0.4, -0.2) is 18.1 Å². The molecule has 88 valence electrons. The van der Waals surface area contributed by atoms with Crippen LogP contribution in [0.4, 0.5) is 5.82 Å². The SMILES string of the molecule is CCC1CCN(c2ccc([C@H](C)N)cn2)C1. The summed E-state index contributed by atoms with van der Waals surface area (Å²) in [6.45, 7) is 6.55. The van der Waals surface area contributed by atoms with Gasteiger partial charge in [-0.15, -0.1) is 0 Å². The molecule has 1 aliphatic heterocycles. The smallest absolute Gasteiger partial charge is 0.128 e. The van der Waals surface area contributed by atoms with E-state index in [0.29, 0.717) is 0 Å². The van der Waals surface area contributed by atoms with Crippen molar-refractivity contribution in [2.45, 2.75) is 32.7 Å². The fourth-order valence-electron chi connectivity index (χ4n) is 2.23. The third-order valence-electron chi connectivity index (χ3n) is 3.48. The van der Waals surface area contributed by atoms with E-state index < -0.39 is 0 Å². The first-order valence-corrected chi connectivity index (χ1v) is 6.17. The topological polar surface area (TPSA) is 42.1 Å². The molecule has 2 atom stereocenters. The van der Waals surface area contributed by atoms with E-state index in [0.717, 1.165) is 30.4 Å². The van der Waals surface area contributed by atoms with Gasteiger partial charge in [0.2, 0.25) is 0 Å². The van der Waals surface area contributed by atoms with Gasteiger partial charge in [0.15, 0.2) is 0 Å². The highest BCUT2D eigenvalue weighted by molar-refractivity contribution is 5.40. The molecule has 1 aliphatic rings. The Morgan fingerprint density at radius 3 is 2.88 bits per heavy atom. The van der Waals surface area contributed by atoms with Gasteiger partial charge in [0.05, 0.1) is 0 Å². The monoisotopic (exact) mass is 219 g/mol. The fraction of sp³-hybridized carbons (Fsp3) is 0.615. The molecular formula is C13H21N3. The molecule has 1 aromatic rings. The van der Waals surface area contributed by atoms with Crippen molar-refractivity contribution in [2.75, 3.05) is 18.0 Å². The van der Waals surface area contributed by atoms with E-state index >= 15 is 0 Å². The highest BCUT2D eigenvalue weighted by atomic mass is 15.2. The summed E-state index contributed by atoms with van der Waals surface area (Å²) in [5, 5.41) is 0. The van der Waals surface area contributed by atoms with Crippen molar-refractivity contribution in [2.24, 2.45) is 11.7 Å². The molecule has 2 N–H and O–H groups in total. The van der Waals surface area contributed by atoms with Gasteiger partial charge in [-0.25, -0.2) is 4.98 Å². The van der Waals surface area contributed by atoms with Crippen molar-refractivity contribution in [3.63, 3.8) is 0 Å². The molecule has 1 aromatic heterocycles. The predicted molar refractivity (Wildman–Crippen MR) is 67.5 cm³/mol. The lowest BCUT2D eigenvalue weighted by Gasteiger charge is -2.17. The maximum absolute atomic E-state index is 5.81. The molecular weight excluding hydrogens is 198 g/mol. The molecule has 0 radical (unpaired) electrons. The Morgan fingerprint density at radius 2 is 2.38 bits per heavy atom. The molecule has 0 aromatic carbocycles. The lowest BCUT2D eigenvalue weighted by atomic mass is 10.1. The van der Waals surface area contributed by atoms with Crippen LogP contribution in [0.1, 0.15) is 38.3 Å². The second-order valence-electron chi connectivity index (χ2n) is 4.75. The summed E-state index contributed by atoms with van der Waals surface area (Å²) in [6.07, 6.45) is 4.47. The standard InChI is InChI=1S/C13H21N3/c1-3-11-6-7-16(9-11)13-5-4-12(8-15-13)10(2)14/h4-5,8,10-11H,3,6-7,9,14H2,1-2H3/t10-,11?/m0/s1. The highest BCUT2D eigenvalue weighted by Crippen LogP contribution is 2.24. The maximum atomic E-state index is 5.81. The molecule has 0 spiro atoms. The minimum Gasteiger partial charge on any atom is -0.356 e. The molecule has 16 heavy (non-hydrogen) atoms. The Hall–Kier alpha value is -1.09. The van der Waals surface area contributed by atoms with Crippen molar-refractivity contribution in [3.8, 4) is 0 Å². The minimum atomic E-state index is 0.0727. The zero-order valence-corrected chi connectivity index (χ0v) is 10.2. The number of nitrogens with zero attached hydrogens (tertiary/aromatic N) is 2. The average molecular weight is 219 g/mol. The maximum Gasteiger partial charge on any atom is 0.128 e. The van der Waals surface area contributed by atoms with Crippen LogP contribution in [0.25, 0.3) is 0 Å². The molecule has 0 aliphatic carbocycles. The lowest BCUT2D eigenvalue weighted by Crippen LogP contribution is -2.20. The summed E-state index contributed by atoms with van der Waals surface area (Å²) >= 11 is 0. The van der Waals surface area contributed by atoms with E-state index in [1.54, 1.807) is 0 Å². The number of aromatic nitrogens is 1. The Labute approximate surface area is 97.7 Å². The normalized spacial score (nSPS) is 22.4. The second kappa shape index (κ2) is 4.83. The Kier molecular flexibility index (Phi) is 3.44. The van der Waals surface area contributed by atoms with Crippen LogP contribution < -0.4 is 10.6 Å². The second-order valence-corrected chi connectivity index (χ2v) is 4.75. The van der Waals surface area contributed by atoms with Crippen LogP contribution in [0.3, 0.4) is 0 Å². The van der Waals surface area contributed by atoms with E-state index in [1.807, 2.05) is 13.1 Å². The number of hydrogen-bond acceptors (Lipinski definition) is 3. The molecule has 0 bridgehead atoms. The summed E-state index contributed by atoms with van der Waals surface area (Å²) in [4.78, 5) is 6.87. The van der Waals surface area contributed by atoms with Gasteiger partial charge in [-0.3, -0.25) is 0 Å². The molecule has 2 rings (SSSR count). The summed E-state index contributed by atoms with van der Waals surface area (Å²) in [5.41, 5.74) is 6.91. The van der Waals surface area contributed by atoms with Gasteiger partial charge in [0, 0.05) is 25.3 Å². The third kappa shape index (κ3) is 2.35. The van der Waals surface area contributed by atoms with Gasteiger partial charge in [0.25, 0.3) is 0 Å². The van der Waals surface area contributed by atoms with E-state index in [1.165, 1.54) is 12.8 Å². The van der Waals surface area contributed by atoms with E-state index in [-0.39, 0.29) is 6.04 Å². The largest absolute Gasteiger partial charge is 0.356 e. The molecule has 1 saturated heterocycles. The minimum absolute atomic E-state index is 0.0727. The van der Waals surface area contributed by atoms with Gasteiger partial charge in [-0.05, 0) is 30.9 Å². The Balaban J connectivity index is 2.05. The van der Waals surface area contributed by atoms with Crippen molar-refractivity contribution in [1.82, 2.24) is 4.98 Å². The Morgan fingerprint density at radius 1 is 1.56 bits per heavy atom. The molecule has 2 heterocycles. The molecule has 3 heteroatoms. The fourth-order valence-corrected chi connectivity index (χ4v) is 2.23. The van der Waals surface area contributed by atoms with E-state index in [4.69, 9.17) is 5.73 Å². The zero-order chi connectivity index (χ0) is 11.5. The van der Waals surface area contributed by atoms with Gasteiger partial charge in [-0.1, -0.05) is 19.4 Å². The zero-order valence-electron chi connectivity index (χ0n) is 10.2. The number of nitrogens with two attached hydrogens (primary N) is 1. The van der Waals surface area contributed by atoms with Gasteiger partial charge in [0.1, 0.15) is 5.82 Å². The van der Waals surface area contributed by atoms with Gasteiger partial charge >= 0.3 is 0 Å². The van der Waals surface area contributed by atoms with Crippen LogP contribution in [0.2, 0.25) is 0 Å². The highest BCUT2D eigenvalue weighted by Gasteiger charge is 2.21. The summed E-state index contributed by atoms with van der Waals surface area (Å²) in [7, 11) is 0. The third-order valence-corrected chi connectivity index (χ3v) is 3.48. The summed E-state index contributed by atoms with van der Waals surface area (Å²) in [6, 6.07) is 4.26. The predicted octanol–water partition coefficient (Wildman–Crippen LogP) is 2.34. The average Bonchev–Trinajstić information content (AvgIpc) is 2.77. The molecule has 0 saturated carbocycles. The summed E-state index contributed by atoms with van der Waals surface area (Å²) < 4.78 is 0. The quantitative estimate of drug-likeness (QED) is 0.848. The van der Waals surface area contributed by atoms with Crippen molar-refractivity contribution in [1.29, 1.82) is 0 Å². The lowest BCUT2D eigenvalue weighted by molar-refractivity contribution is 0.568.